The van der Waals surface area contributed by atoms with Gasteiger partial charge in [-0.15, -0.1) is 0 Å². The first-order chi connectivity index (χ1) is 9.22. The lowest BCUT2D eigenvalue weighted by molar-refractivity contribution is 0.435. The third kappa shape index (κ3) is 2.30. The Balaban J connectivity index is 2.00. The van der Waals surface area contributed by atoms with Crippen LogP contribution in [0.1, 0.15) is 0 Å². The predicted molar refractivity (Wildman–Crippen MR) is 69.5 cm³/mol. The van der Waals surface area contributed by atoms with Gasteiger partial charge in [-0.3, -0.25) is 4.98 Å². The number of hydrogen-bond donors (Lipinski definition) is 1. The van der Waals surface area contributed by atoms with Gasteiger partial charge >= 0.3 is 0 Å². The molecule has 0 unspecified atom stereocenters. The molecule has 0 spiro atoms. The van der Waals surface area contributed by atoms with Gasteiger partial charge in [0.15, 0.2) is 5.76 Å². The lowest BCUT2D eigenvalue weighted by atomic mass is 10.1. The average molecular weight is 255 g/mol. The van der Waals surface area contributed by atoms with Crippen molar-refractivity contribution in [2.75, 3.05) is 5.73 Å². The molecule has 5 heteroatoms. The Morgan fingerprint density at radius 3 is 2.74 bits per heavy atom. The van der Waals surface area contributed by atoms with Gasteiger partial charge in [0.25, 0.3) is 0 Å². The minimum atomic E-state index is -0.411. The van der Waals surface area contributed by atoms with Gasteiger partial charge in [0.2, 0.25) is 0 Å². The van der Waals surface area contributed by atoms with Crippen molar-refractivity contribution < 1.29 is 8.91 Å². The van der Waals surface area contributed by atoms with Gasteiger partial charge in [-0.25, -0.2) is 4.39 Å². The Bertz CT molecular complexity index is 664. The van der Waals surface area contributed by atoms with Crippen LogP contribution in [0.3, 0.4) is 0 Å². The van der Waals surface area contributed by atoms with E-state index in [1.54, 1.807) is 18.2 Å². The molecule has 0 saturated carbocycles. The molecule has 0 fully saturated rings. The second-order valence-corrected chi connectivity index (χ2v) is 4.09. The first-order valence-electron chi connectivity index (χ1n) is 5.66. The lowest BCUT2D eigenvalue weighted by Gasteiger charge is -1.96. The SMILES string of the molecule is Nc1cccc(-c2cc(-c3cncc(F)c3)no2)c1. The summed E-state index contributed by atoms with van der Waals surface area (Å²) in [6.07, 6.45) is 2.67. The number of nitrogen functional groups attached to an aromatic ring is 1. The highest BCUT2D eigenvalue weighted by molar-refractivity contribution is 5.68. The Kier molecular flexibility index (Phi) is 2.72. The van der Waals surface area contributed by atoms with Crippen molar-refractivity contribution in [3.63, 3.8) is 0 Å². The Morgan fingerprint density at radius 2 is 1.95 bits per heavy atom. The van der Waals surface area contributed by atoms with Crippen LogP contribution in [0.15, 0.2) is 53.3 Å². The molecule has 2 N–H and O–H groups in total. The van der Waals surface area contributed by atoms with Gasteiger partial charge in [0, 0.05) is 29.1 Å². The van der Waals surface area contributed by atoms with Crippen LogP contribution < -0.4 is 5.73 Å². The quantitative estimate of drug-likeness (QED) is 0.714. The van der Waals surface area contributed by atoms with E-state index in [0.717, 1.165) is 11.8 Å². The fraction of sp³-hybridized carbons (Fsp3) is 0. The van der Waals surface area contributed by atoms with Crippen LogP contribution in [-0.4, -0.2) is 10.1 Å². The van der Waals surface area contributed by atoms with Gasteiger partial charge < -0.3 is 10.3 Å². The standard InChI is InChI=1S/C14H10FN3O/c15-11-4-10(7-17-8-11)13-6-14(19-18-13)9-2-1-3-12(16)5-9/h1-8H,16H2. The summed E-state index contributed by atoms with van der Waals surface area (Å²) in [6, 6.07) is 10.4. The van der Waals surface area contributed by atoms with E-state index in [0.29, 0.717) is 22.7 Å². The van der Waals surface area contributed by atoms with Crippen molar-refractivity contribution in [3.8, 4) is 22.6 Å². The number of nitrogens with zero attached hydrogens (tertiary/aromatic N) is 2. The normalized spacial score (nSPS) is 10.6. The number of halogens is 1. The van der Waals surface area contributed by atoms with Gasteiger partial charge in [-0.05, 0) is 18.2 Å². The van der Waals surface area contributed by atoms with Gasteiger partial charge in [0.1, 0.15) is 11.5 Å². The van der Waals surface area contributed by atoms with Crippen LogP contribution in [0.2, 0.25) is 0 Å². The maximum Gasteiger partial charge on any atom is 0.167 e. The van der Waals surface area contributed by atoms with E-state index in [-0.39, 0.29) is 0 Å². The average Bonchev–Trinajstić information content (AvgIpc) is 2.88. The number of rotatable bonds is 2. The fourth-order valence-electron chi connectivity index (χ4n) is 1.79. The van der Waals surface area contributed by atoms with E-state index in [1.807, 2.05) is 12.1 Å². The topological polar surface area (TPSA) is 64.9 Å². The molecule has 0 aliphatic heterocycles. The minimum absolute atomic E-state index is 0.411. The molecule has 0 bridgehead atoms. The summed E-state index contributed by atoms with van der Waals surface area (Å²) >= 11 is 0. The van der Waals surface area contributed by atoms with Gasteiger partial charge in [0.05, 0.1) is 6.20 Å². The van der Waals surface area contributed by atoms with Crippen LogP contribution in [0.5, 0.6) is 0 Å². The first kappa shape index (κ1) is 11.4. The largest absolute Gasteiger partial charge is 0.399 e. The van der Waals surface area contributed by atoms with Crippen molar-refractivity contribution in [1.29, 1.82) is 0 Å². The van der Waals surface area contributed by atoms with E-state index in [4.69, 9.17) is 10.3 Å². The Morgan fingerprint density at radius 1 is 1.05 bits per heavy atom. The molecule has 1 aromatic carbocycles. The van der Waals surface area contributed by atoms with E-state index in [1.165, 1.54) is 12.3 Å². The summed E-state index contributed by atoms with van der Waals surface area (Å²) in [7, 11) is 0. The van der Waals surface area contributed by atoms with Crippen molar-refractivity contribution in [2.45, 2.75) is 0 Å². The highest BCUT2D eigenvalue weighted by Crippen LogP contribution is 2.26. The van der Waals surface area contributed by atoms with Crippen molar-refractivity contribution in [2.24, 2.45) is 0 Å². The summed E-state index contributed by atoms with van der Waals surface area (Å²) in [5, 5.41) is 3.91. The molecule has 0 saturated heterocycles. The molecule has 3 aromatic rings. The summed E-state index contributed by atoms with van der Waals surface area (Å²) in [5.41, 5.74) is 8.28. The second kappa shape index (κ2) is 4.53. The molecule has 3 rings (SSSR count). The van der Waals surface area contributed by atoms with Gasteiger partial charge in [-0.2, -0.15) is 0 Å². The Hall–Kier alpha value is -2.69. The van der Waals surface area contributed by atoms with Crippen LogP contribution in [0, 0.1) is 5.82 Å². The van der Waals surface area contributed by atoms with Crippen molar-refractivity contribution in [3.05, 3.63) is 54.6 Å². The second-order valence-electron chi connectivity index (χ2n) is 4.09. The third-order valence-corrected chi connectivity index (χ3v) is 2.68. The van der Waals surface area contributed by atoms with E-state index in [9.17, 15) is 4.39 Å². The number of pyridine rings is 1. The maximum absolute atomic E-state index is 13.1. The molecule has 0 atom stereocenters. The van der Waals surface area contributed by atoms with E-state index < -0.39 is 5.82 Å². The number of nitrogens with two attached hydrogens (primary N) is 1. The first-order valence-corrected chi connectivity index (χ1v) is 5.66. The number of hydrogen-bond acceptors (Lipinski definition) is 4. The van der Waals surface area contributed by atoms with Crippen LogP contribution >= 0.6 is 0 Å². The maximum atomic E-state index is 13.1. The van der Waals surface area contributed by atoms with Gasteiger partial charge in [-0.1, -0.05) is 17.3 Å². The van der Waals surface area contributed by atoms with E-state index >= 15 is 0 Å². The van der Waals surface area contributed by atoms with Crippen LogP contribution in [-0.2, 0) is 0 Å². The zero-order valence-corrected chi connectivity index (χ0v) is 9.88. The molecule has 4 nitrogen and oxygen atoms in total. The zero-order chi connectivity index (χ0) is 13.2. The summed E-state index contributed by atoms with van der Waals surface area (Å²) in [5.74, 6) is 0.164. The monoisotopic (exact) mass is 255 g/mol. The smallest absolute Gasteiger partial charge is 0.167 e. The van der Waals surface area contributed by atoms with Crippen molar-refractivity contribution in [1.82, 2.24) is 10.1 Å². The van der Waals surface area contributed by atoms with Crippen LogP contribution in [0.25, 0.3) is 22.6 Å². The molecule has 0 amide bonds. The zero-order valence-electron chi connectivity index (χ0n) is 9.88. The lowest BCUT2D eigenvalue weighted by Crippen LogP contribution is -1.83. The molecular formula is C14H10FN3O. The Labute approximate surface area is 108 Å². The predicted octanol–water partition coefficient (Wildman–Crippen LogP) is 3.12. The summed E-state index contributed by atoms with van der Waals surface area (Å²) < 4.78 is 18.3. The molecule has 0 aliphatic carbocycles. The highest BCUT2D eigenvalue weighted by atomic mass is 19.1. The van der Waals surface area contributed by atoms with E-state index in [2.05, 4.69) is 10.1 Å². The molecule has 94 valence electrons. The van der Waals surface area contributed by atoms with Crippen LogP contribution in [0.4, 0.5) is 10.1 Å². The number of aromatic nitrogens is 2. The van der Waals surface area contributed by atoms with Crippen molar-refractivity contribution >= 4 is 5.69 Å². The molecule has 2 heterocycles. The molecule has 2 aromatic heterocycles. The molecule has 0 radical (unpaired) electrons. The summed E-state index contributed by atoms with van der Waals surface area (Å²) in [4.78, 5) is 3.78. The summed E-state index contributed by atoms with van der Waals surface area (Å²) in [6.45, 7) is 0. The highest BCUT2D eigenvalue weighted by Gasteiger charge is 2.09. The minimum Gasteiger partial charge on any atom is -0.399 e. The molecule has 0 aliphatic rings. The third-order valence-electron chi connectivity index (χ3n) is 2.68. The number of anilines is 1. The molecular weight excluding hydrogens is 245 g/mol. The molecule has 19 heavy (non-hydrogen) atoms. The fourth-order valence-corrected chi connectivity index (χ4v) is 1.79. The number of benzene rings is 1.